The first kappa shape index (κ1) is 16.1. The number of carbonyl (C=O) groups is 2. The lowest BCUT2D eigenvalue weighted by Gasteiger charge is -2.32. The Balaban J connectivity index is 1.81. The van der Waals surface area contributed by atoms with E-state index in [9.17, 15) is 9.59 Å². The molecule has 0 radical (unpaired) electrons. The van der Waals surface area contributed by atoms with Gasteiger partial charge in [0.05, 0.1) is 11.9 Å². The number of benzene rings is 2. The molecule has 1 unspecified atom stereocenters. The molecule has 3 aromatic rings. The van der Waals surface area contributed by atoms with Crippen LogP contribution in [-0.2, 0) is 15.0 Å². The summed E-state index contributed by atoms with van der Waals surface area (Å²) in [5.41, 5.74) is 2.59. The van der Waals surface area contributed by atoms with Gasteiger partial charge >= 0.3 is 0 Å². The van der Waals surface area contributed by atoms with Gasteiger partial charge in [-0.15, -0.1) is 0 Å². The number of nitrogens with zero attached hydrogens (tertiary/aromatic N) is 2. The molecule has 2 N–H and O–H groups in total. The van der Waals surface area contributed by atoms with E-state index in [1.165, 1.54) is 0 Å². The molecule has 7 heteroatoms. The Kier molecular flexibility index (Phi) is 3.24. The molecule has 0 aliphatic carbocycles. The maximum Gasteiger partial charge on any atom is 0.240 e. The fraction of sp³-hybridized carbons (Fsp3) is 0.150. The fourth-order valence-corrected chi connectivity index (χ4v) is 4.44. The average molecular weight is 379 g/mol. The van der Waals surface area contributed by atoms with E-state index in [1.54, 1.807) is 29.1 Å². The van der Waals surface area contributed by atoms with Gasteiger partial charge in [0.25, 0.3) is 0 Å². The number of aromatic nitrogens is 2. The van der Waals surface area contributed by atoms with Gasteiger partial charge in [-0.1, -0.05) is 35.9 Å². The molecule has 2 aliphatic heterocycles. The van der Waals surface area contributed by atoms with Gasteiger partial charge < -0.3 is 10.6 Å². The monoisotopic (exact) mass is 378 g/mol. The van der Waals surface area contributed by atoms with Crippen LogP contribution >= 0.6 is 11.6 Å². The quantitative estimate of drug-likeness (QED) is 0.681. The minimum Gasteiger partial charge on any atom is -0.325 e. The van der Waals surface area contributed by atoms with Crippen LogP contribution in [0, 0.1) is 6.92 Å². The Morgan fingerprint density at radius 2 is 1.93 bits per heavy atom. The van der Waals surface area contributed by atoms with Crippen LogP contribution in [0.5, 0.6) is 0 Å². The molecule has 27 heavy (non-hydrogen) atoms. The van der Waals surface area contributed by atoms with Gasteiger partial charge in [-0.25, -0.2) is 4.68 Å². The van der Waals surface area contributed by atoms with Gasteiger partial charge in [-0.3, -0.25) is 9.59 Å². The molecule has 3 heterocycles. The SMILES string of the molecule is Cc1ccccc1-n1ncc2c1NC(=O)CC21C(=O)Nc2cccc(Cl)c21. The zero-order chi connectivity index (χ0) is 18.8. The highest BCUT2D eigenvalue weighted by Crippen LogP contribution is 2.52. The van der Waals surface area contributed by atoms with E-state index < -0.39 is 5.41 Å². The number of fused-ring (bicyclic) bond motifs is 4. The molecule has 0 fully saturated rings. The van der Waals surface area contributed by atoms with Crippen LogP contribution < -0.4 is 10.6 Å². The number of halogens is 1. The lowest BCUT2D eigenvalue weighted by atomic mass is 9.72. The van der Waals surface area contributed by atoms with Crippen molar-refractivity contribution >= 4 is 34.9 Å². The third-order valence-corrected chi connectivity index (χ3v) is 5.65. The van der Waals surface area contributed by atoms with Crippen LogP contribution in [-0.4, -0.2) is 21.6 Å². The second-order valence-corrected chi connectivity index (χ2v) is 7.26. The van der Waals surface area contributed by atoms with Crippen molar-refractivity contribution in [3.05, 3.63) is 70.4 Å². The standard InChI is InChI=1S/C20H15ClN4O2/c1-11-5-2-3-8-15(11)25-18-12(10-22-25)20(9-16(26)24-18)17-13(21)6-4-7-14(17)23-19(20)27/h2-8,10H,9H2,1H3,(H,23,27)(H,24,26). The number of rotatable bonds is 1. The molecule has 2 aliphatic rings. The number of hydrogen-bond donors (Lipinski definition) is 2. The van der Waals surface area contributed by atoms with Gasteiger partial charge in [0.1, 0.15) is 11.2 Å². The van der Waals surface area contributed by atoms with Crippen molar-refractivity contribution in [2.45, 2.75) is 18.8 Å². The molecule has 134 valence electrons. The van der Waals surface area contributed by atoms with Crippen LogP contribution in [0.2, 0.25) is 5.02 Å². The summed E-state index contributed by atoms with van der Waals surface area (Å²) in [4.78, 5) is 25.7. The van der Waals surface area contributed by atoms with Crippen LogP contribution in [0.15, 0.2) is 48.7 Å². The number of amides is 2. The number of hydrogen-bond acceptors (Lipinski definition) is 3. The van der Waals surface area contributed by atoms with Crippen LogP contribution in [0.1, 0.15) is 23.1 Å². The molecule has 1 spiro atoms. The predicted octanol–water partition coefficient (Wildman–Crippen LogP) is 3.41. The second kappa shape index (κ2) is 5.44. The second-order valence-electron chi connectivity index (χ2n) is 6.85. The van der Waals surface area contributed by atoms with Crippen LogP contribution in [0.4, 0.5) is 11.5 Å². The van der Waals surface area contributed by atoms with Crippen molar-refractivity contribution in [2.75, 3.05) is 10.6 Å². The minimum atomic E-state index is -1.17. The predicted molar refractivity (Wildman–Crippen MR) is 102 cm³/mol. The Bertz CT molecular complexity index is 1140. The van der Waals surface area contributed by atoms with Crippen molar-refractivity contribution < 1.29 is 9.59 Å². The number of carbonyl (C=O) groups excluding carboxylic acids is 2. The summed E-state index contributed by atoms with van der Waals surface area (Å²) in [6.07, 6.45) is 1.64. The van der Waals surface area contributed by atoms with Crippen molar-refractivity contribution in [3.63, 3.8) is 0 Å². The van der Waals surface area contributed by atoms with Crippen LogP contribution in [0.3, 0.4) is 0 Å². The number of anilines is 2. The number of para-hydroxylation sites is 1. The van der Waals surface area contributed by atoms with Gasteiger partial charge in [-0.2, -0.15) is 5.10 Å². The summed E-state index contributed by atoms with van der Waals surface area (Å²) < 4.78 is 1.67. The minimum absolute atomic E-state index is 0.0119. The average Bonchev–Trinajstić information content (AvgIpc) is 3.16. The Morgan fingerprint density at radius 1 is 1.11 bits per heavy atom. The van der Waals surface area contributed by atoms with E-state index in [1.807, 2.05) is 31.2 Å². The number of nitrogens with one attached hydrogen (secondary N) is 2. The van der Waals surface area contributed by atoms with E-state index in [2.05, 4.69) is 15.7 Å². The molecule has 2 aromatic carbocycles. The normalized spacial score (nSPS) is 20.2. The zero-order valence-corrected chi connectivity index (χ0v) is 15.2. The van der Waals surface area contributed by atoms with E-state index >= 15 is 0 Å². The number of aryl methyl sites for hydroxylation is 1. The molecule has 0 saturated carbocycles. The Morgan fingerprint density at radius 3 is 2.74 bits per heavy atom. The molecule has 6 nitrogen and oxygen atoms in total. The van der Waals surface area contributed by atoms with Crippen molar-refractivity contribution in [3.8, 4) is 5.69 Å². The van der Waals surface area contributed by atoms with Crippen LogP contribution in [0.25, 0.3) is 5.69 Å². The summed E-state index contributed by atoms with van der Waals surface area (Å²) in [5, 5.41) is 10.7. The van der Waals surface area contributed by atoms with Crippen molar-refractivity contribution in [1.29, 1.82) is 0 Å². The smallest absolute Gasteiger partial charge is 0.240 e. The Labute approximate surface area is 160 Å². The van der Waals surface area contributed by atoms with E-state index in [0.29, 0.717) is 27.7 Å². The van der Waals surface area contributed by atoms with E-state index in [4.69, 9.17) is 11.6 Å². The highest BCUT2D eigenvalue weighted by molar-refractivity contribution is 6.33. The molecular weight excluding hydrogens is 364 g/mol. The van der Waals surface area contributed by atoms with Crippen molar-refractivity contribution in [2.24, 2.45) is 0 Å². The maximum atomic E-state index is 13.1. The van der Waals surface area contributed by atoms with Gasteiger partial charge in [-0.05, 0) is 30.7 Å². The Hall–Kier alpha value is -3.12. The first-order valence-electron chi connectivity index (χ1n) is 8.57. The topological polar surface area (TPSA) is 76.0 Å². The molecule has 0 bridgehead atoms. The lowest BCUT2D eigenvalue weighted by Crippen LogP contribution is -2.43. The molecule has 1 atom stereocenters. The molecule has 1 aromatic heterocycles. The molecule has 2 amide bonds. The molecule has 5 rings (SSSR count). The van der Waals surface area contributed by atoms with Gasteiger partial charge in [0.15, 0.2) is 0 Å². The van der Waals surface area contributed by atoms with Crippen molar-refractivity contribution in [1.82, 2.24) is 9.78 Å². The maximum absolute atomic E-state index is 13.1. The third kappa shape index (κ3) is 2.04. The third-order valence-electron chi connectivity index (χ3n) is 5.33. The summed E-state index contributed by atoms with van der Waals surface area (Å²) in [6.45, 7) is 1.97. The van der Waals surface area contributed by atoms with Gasteiger partial charge in [0.2, 0.25) is 11.8 Å². The van der Waals surface area contributed by atoms with E-state index in [-0.39, 0.29) is 18.2 Å². The summed E-state index contributed by atoms with van der Waals surface area (Å²) in [5.74, 6) is -0.00439. The van der Waals surface area contributed by atoms with E-state index in [0.717, 1.165) is 11.3 Å². The fourth-order valence-electron chi connectivity index (χ4n) is 4.11. The zero-order valence-electron chi connectivity index (χ0n) is 14.4. The first-order valence-corrected chi connectivity index (χ1v) is 8.95. The first-order chi connectivity index (χ1) is 13.0. The molecular formula is C20H15ClN4O2. The largest absolute Gasteiger partial charge is 0.325 e. The van der Waals surface area contributed by atoms with Gasteiger partial charge in [0, 0.05) is 28.3 Å². The summed E-state index contributed by atoms with van der Waals surface area (Å²) in [7, 11) is 0. The highest BCUT2D eigenvalue weighted by Gasteiger charge is 2.55. The molecule has 0 saturated heterocycles. The summed E-state index contributed by atoms with van der Waals surface area (Å²) in [6, 6.07) is 13.1. The summed E-state index contributed by atoms with van der Waals surface area (Å²) >= 11 is 6.47. The highest BCUT2D eigenvalue weighted by atomic mass is 35.5. The lowest BCUT2D eigenvalue weighted by molar-refractivity contribution is -0.125.